The Morgan fingerprint density at radius 2 is 1.40 bits per heavy atom. The van der Waals surface area contributed by atoms with Crippen molar-refractivity contribution in [2.45, 2.75) is 65.7 Å². The third kappa shape index (κ3) is 4.48. The van der Waals surface area contributed by atoms with Crippen molar-refractivity contribution >= 4 is 0 Å². The maximum Gasteiger partial charge on any atom is 0.245 e. The molecule has 0 unspecified atom stereocenters. The summed E-state index contributed by atoms with van der Waals surface area (Å²) >= 11 is 0. The SMILES string of the molecule is CC(F)(F)CC1CCC(C(C)(C)C)CC1. The molecule has 0 amide bonds. The second kappa shape index (κ2) is 4.39. The Balaban J connectivity index is 2.37. The number of alkyl halides is 2. The van der Waals surface area contributed by atoms with Crippen LogP contribution in [-0.4, -0.2) is 5.92 Å². The summed E-state index contributed by atoms with van der Waals surface area (Å²) in [5.74, 6) is -1.50. The molecule has 0 heterocycles. The lowest BCUT2D eigenvalue weighted by Crippen LogP contribution is -2.28. The van der Waals surface area contributed by atoms with E-state index < -0.39 is 5.92 Å². The first-order valence-corrected chi connectivity index (χ1v) is 6.06. The summed E-state index contributed by atoms with van der Waals surface area (Å²) in [7, 11) is 0. The summed E-state index contributed by atoms with van der Waals surface area (Å²) in [6, 6.07) is 0. The molecule has 0 radical (unpaired) electrons. The maximum absolute atomic E-state index is 12.8. The van der Waals surface area contributed by atoms with E-state index in [0.29, 0.717) is 5.41 Å². The highest BCUT2D eigenvalue weighted by molar-refractivity contribution is 4.82. The van der Waals surface area contributed by atoms with Crippen LogP contribution in [0.3, 0.4) is 0 Å². The molecule has 1 rings (SSSR count). The molecule has 1 saturated carbocycles. The van der Waals surface area contributed by atoms with Crippen LogP contribution in [0.5, 0.6) is 0 Å². The van der Waals surface area contributed by atoms with E-state index in [0.717, 1.165) is 38.5 Å². The van der Waals surface area contributed by atoms with Gasteiger partial charge in [0.25, 0.3) is 0 Å². The highest BCUT2D eigenvalue weighted by Crippen LogP contribution is 2.42. The molecule has 0 aromatic rings. The minimum absolute atomic E-state index is 0.0872. The summed E-state index contributed by atoms with van der Waals surface area (Å²) < 4.78 is 25.7. The van der Waals surface area contributed by atoms with Gasteiger partial charge in [-0.2, -0.15) is 0 Å². The fourth-order valence-corrected chi connectivity index (χ4v) is 2.74. The smallest absolute Gasteiger partial charge is 0.207 e. The zero-order valence-corrected chi connectivity index (χ0v) is 10.4. The molecule has 0 N–H and O–H groups in total. The van der Waals surface area contributed by atoms with E-state index in [4.69, 9.17) is 0 Å². The van der Waals surface area contributed by atoms with Gasteiger partial charge in [-0.15, -0.1) is 0 Å². The van der Waals surface area contributed by atoms with E-state index >= 15 is 0 Å². The van der Waals surface area contributed by atoms with Crippen molar-refractivity contribution in [2.24, 2.45) is 17.3 Å². The Morgan fingerprint density at radius 1 is 0.933 bits per heavy atom. The molecule has 0 spiro atoms. The third-order valence-corrected chi connectivity index (χ3v) is 3.72. The van der Waals surface area contributed by atoms with Crippen LogP contribution < -0.4 is 0 Å². The number of hydrogen-bond acceptors (Lipinski definition) is 0. The molecule has 1 fully saturated rings. The van der Waals surface area contributed by atoms with Crippen LogP contribution in [0.1, 0.15) is 59.8 Å². The van der Waals surface area contributed by atoms with Crippen molar-refractivity contribution in [3.05, 3.63) is 0 Å². The predicted octanol–water partition coefficient (Wildman–Crippen LogP) is 4.88. The van der Waals surface area contributed by atoms with E-state index in [1.807, 2.05) is 0 Å². The summed E-state index contributed by atoms with van der Waals surface area (Å²) in [6.07, 6.45) is 4.33. The summed E-state index contributed by atoms with van der Waals surface area (Å²) in [5.41, 5.74) is 0.347. The largest absolute Gasteiger partial charge is 0.245 e. The molecule has 2 heteroatoms. The van der Waals surface area contributed by atoms with Crippen molar-refractivity contribution in [1.82, 2.24) is 0 Å². The number of halogens is 2. The van der Waals surface area contributed by atoms with Gasteiger partial charge in [-0.3, -0.25) is 0 Å². The van der Waals surface area contributed by atoms with Crippen LogP contribution >= 0.6 is 0 Å². The van der Waals surface area contributed by atoms with Gasteiger partial charge in [0.05, 0.1) is 0 Å². The van der Waals surface area contributed by atoms with E-state index in [1.54, 1.807) is 0 Å². The van der Waals surface area contributed by atoms with Crippen molar-refractivity contribution in [3.63, 3.8) is 0 Å². The highest BCUT2D eigenvalue weighted by Gasteiger charge is 2.33. The molecule has 1 aliphatic carbocycles. The first-order valence-electron chi connectivity index (χ1n) is 6.06. The van der Waals surface area contributed by atoms with Crippen molar-refractivity contribution in [2.75, 3.05) is 0 Å². The van der Waals surface area contributed by atoms with Gasteiger partial charge in [-0.1, -0.05) is 20.8 Å². The van der Waals surface area contributed by atoms with Gasteiger partial charge in [0.1, 0.15) is 0 Å². The topological polar surface area (TPSA) is 0 Å². The Hall–Kier alpha value is -0.140. The molecule has 0 atom stereocenters. The molecule has 0 aromatic heterocycles. The lowest BCUT2D eigenvalue weighted by atomic mass is 9.69. The minimum atomic E-state index is -2.47. The van der Waals surface area contributed by atoms with Crippen LogP contribution in [0.2, 0.25) is 0 Å². The summed E-state index contributed by atoms with van der Waals surface area (Å²) in [4.78, 5) is 0. The Morgan fingerprint density at radius 3 is 1.73 bits per heavy atom. The van der Waals surface area contributed by atoms with Crippen LogP contribution in [0.25, 0.3) is 0 Å². The van der Waals surface area contributed by atoms with Crippen molar-refractivity contribution < 1.29 is 8.78 Å². The van der Waals surface area contributed by atoms with Gasteiger partial charge in [-0.05, 0) is 49.9 Å². The standard InChI is InChI=1S/C13H24F2/c1-12(2,3)11-7-5-10(6-8-11)9-13(4,14)15/h10-11H,5-9H2,1-4H3. The third-order valence-electron chi connectivity index (χ3n) is 3.72. The monoisotopic (exact) mass is 218 g/mol. The molecular weight excluding hydrogens is 194 g/mol. The molecule has 0 aliphatic heterocycles. The van der Waals surface area contributed by atoms with Crippen LogP contribution in [0.4, 0.5) is 8.78 Å². The van der Waals surface area contributed by atoms with Gasteiger partial charge < -0.3 is 0 Å². The molecular formula is C13H24F2. The number of rotatable bonds is 2. The normalized spacial score (nSPS) is 29.2. The molecule has 0 bridgehead atoms. The average molecular weight is 218 g/mol. The summed E-state index contributed by atoms with van der Waals surface area (Å²) in [6.45, 7) is 7.81. The zero-order chi connectivity index (χ0) is 11.7. The van der Waals surface area contributed by atoms with Gasteiger partial charge in [-0.25, -0.2) is 8.78 Å². The Labute approximate surface area is 92.4 Å². The second-order valence-electron chi connectivity index (χ2n) is 6.36. The van der Waals surface area contributed by atoms with E-state index in [9.17, 15) is 8.78 Å². The Kier molecular flexibility index (Phi) is 3.78. The van der Waals surface area contributed by atoms with E-state index in [-0.39, 0.29) is 12.3 Å². The van der Waals surface area contributed by atoms with E-state index in [1.165, 1.54) is 0 Å². The lowest BCUT2D eigenvalue weighted by molar-refractivity contribution is -0.0140. The van der Waals surface area contributed by atoms with Crippen LogP contribution in [0, 0.1) is 17.3 Å². The zero-order valence-electron chi connectivity index (χ0n) is 10.4. The quantitative estimate of drug-likeness (QED) is 0.619. The lowest BCUT2D eigenvalue weighted by Gasteiger charge is -2.37. The Bertz CT molecular complexity index is 190. The first-order chi connectivity index (χ1) is 6.68. The molecule has 0 nitrogen and oxygen atoms in total. The molecule has 0 aromatic carbocycles. The molecule has 15 heavy (non-hydrogen) atoms. The van der Waals surface area contributed by atoms with Crippen molar-refractivity contribution in [1.29, 1.82) is 0 Å². The summed E-state index contributed by atoms with van der Waals surface area (Å²) in [5, 5.41) is 0. The van der Waals surface area contributed by atoms with Gasteiger partial charge in [0, 0.05) is 6.42 Å². The second-order valence-corrected chi connectivity index (χ2v) is 6.36. The highest BCUT2D eigenvalue weighted by atomic mass is 19.3. The predicted molar refractivity (Wildman–Crippen MR) is 60.1 cm³/mol. The van der Waals surface area contributed by atoms with Crippen LogP contribution in [-0.2, 0) is 0 Å². The van der Waals surface area contributed by atoms with Crippen LogP contribution in [0.15, 0.2) is 0 Å². The van der Waals surface area contributed by atoms with Gasteiger partial charge in [0.2, 0.25) is 5.92 Å². The molecule has 1 aliphatic rings. The fraction of sp³-hybridized carbons (Fsp3) is 1.00. The first kappa shape index (κ1) is 12.9. The van der Waals surface area contributed by atoms with Crippen molar-refractivity contribution in [3.8, 4) is 0 Å². The fourth-order valence-electron chi connectivity index (χ4n) is 2.74. The van der Waals surface area contributed by atoms with Gasteiger partial charge in [0.15, 0.2) is 0 Å². The minimum Gasteiger partial charge on any atom is -0.207 e. The van der Waals surface area contributed by atoms with E-state index in [2.05, 4.69) is 20.8 Å². The molecule has 90 valence electrons. The molecule has 0 saturated heterocycles. The number of hydrogen-bond donors (Lipinski definition) is 0. The average Bonchev–Trinajstić information content (AvgIpc) is 2.00. The van der Waals surface area contributed by atoms with Gasteiger partial charge >= 0.3 is 0 Å². The maximum atomic E-state index is 12.8.